The third kappa shape index (κ3) is 3.06. The zero-order valence-electron chi connectivity index (χ0n) is 18.2. The van der Waals surface area contributed by atoms with Gasteiger partial charge in [0, 0.05) is 25.0 Å². The topological polar surface area (TPSA) is 132 Å². The number of hydrogen-bond acceptors (Lipinski definition) is 7. The lowest BCUT2D eigenvalue weighted by atomic mass is 9.95. The molecule has 3 aromatic heterocycles. The number of rotatable bonds is 5. The molecule has 0 aliphatic carbocycles. The summed E-state index contributed by atoms with van der Waals surface area (Å²) in [5.41, 5.74) is -0.617. The van der Waals surface area contributed by atoms with E-state index in [0.717, 1.165) is 0 Å². The lowest BCUT2D eigenvalue weighted by molar-refractivity contribution is -0.125. The van der Waals surface area contributed by atoms with Gasteiger partial charge in [0.25, 0.3) is 11.8 Å². The number of nitrogens with one attached hydrogen (secondary N) is 2. The zero-order chi connectivity index (χ0) is 24.3. The number of carbonyl (C=O) groups excluding carboxylic acids is 3. The van der Waals surface area contributed by atoms with Gasteiger partial charge in [0.1, 0.15) is 11.3 Å². The Kier molecular flexibility index (Phi) is 4.40. The van der Waals surface area contributed by atoms with E-state index in [1.165, 1.54) is 24.1 Å². The summed E-state index contributed by atoms with van der Waals surface area (Å²) in [5.74, 6) is -1.54. The van der Waals surface area contributed by atoms with Gasteiger partial charge in [-0.15, -0.1) is 0 Å². The molecular weight excluding hydrogens is 459 g/mol. The fourth-order valence-corrected chi connectivity index (χ4v) is 4.48. The molecule has 2 N–H and O–H groups in total. The summed E-state index contributed by atoms with van der Waals surface area (Å²) in [5, 5.41) is 8.95. The predicted molar refractivity (Wildman–Crippen MR) is 117 cm³/mol. The quantitative estimate of drug-likeness (QED) is 0.420. The van der Waals surface area contributed by atoms with E-state index in [4.69, 9.17) is 9.15 Å². The van der Waals surface area contributed by atoms with Crippen LogP contribution in [-0.2, 0) is 16.9 Å². The van der Waals surface area contributed by atoms with Crippen molar-refractivity contribution < 1.29 is 27.9 Å². The molecule has 1 atom stereocenters. The van der Waals surface area contributed by atoms with Gasteiger partial charge in [-0.1, -0.05) is 6.07 Å². The first kappa shape index (κ1) is 20.8. The first-order valence-corrected chi connectivity index (χ1v) is 10.6. The first-order valence-electron chi connectivity index (χ1n) is 10.6. The van der Waals surface area contributed by atoms with Crippen LogP contribution in [0, 0.1) is 5.82 Å². The maximum atomic E-state index is 14.8. The summed E-state index contributed by atoms with van der Waals surface area (Å²) in [4.78, 5) is 44.2. The highest BCUT2D eigenvalue weighted by atomic mass is 19.1. The van der Waals surface area contributed by atoms with E-state index in [1.54, 1.807) is 41.3 Å². The Bertz CT molecular complexity index is 1530. The second-order valence-corrected chi connectivity index (χ2v) is 8.20. The molecule has 1 saturated heterocycles. The molecule has 0 bridgehead atoms. The van der Waals surface area contributed by atoms with Gasteiger partial charge in [0.05, 0.1) is 19.2 Å². The van der Waals surface area contributed by atoms with Crippen LogP contribution in [-0.4, -0.2) is 51.2 Å². The van der Waals surface area contributed by atoms with Gasteiger partial charge in [-0.25, -0.2) is 18.9 Å². The highest BCUT2D eigenvalue weighted by Crippen LogP contribution is 2.36. The Morgan fingerprint density at radius 2 is 2.09 bits per heavy atom. The monoisotopic (exact) mass is 476 g/mol. The van der Waals surface area contributed by atoms with Crippen molar-refractivity contribution in [3.05, 3.63) is 71.5 Å². The van der Waals surface area contributed by atoms with E-state index in [2.05, 4.69) is 20.7 Å². The predicted octanol–water partition coefficient (Wildman–Crippen LogP) is 1.85. The van der Waals surface area contributed by atoms with Gasteiger partial charge >= 0.3 is 6.03 Å². The molecule has 35 heavy (non-hydrogen) atoms. The van der Waals surface area contributed by atoms with Crippen LogP contribution in [0.15, 0.2) is 53.2 Å². The summed E-state index contributed by atoms with van der Waals surface area (Å²) in [7, 11) is 1.31. The normalized spacial score (nSPS) is 19.3. The summed E-state index contributed by atoms with van der Waals surface area (Å²) < 4.78 is 27.3. The molecule has 6 rings (SSSR count). The van der Waals surface area contributed by atoms with Crippen LogP contribution in [0.1, 0.15) is 21.7 Å². The Balaban J connectivity index is 1.40. The number of carbonyl (C=O) groups is 3. The van der Waals surface area contributed by atoms with E-state index in [-0.39, 0.29) is 30.2 Å². The SMILES string of the molecule is COc1ccc2c(c1F)C(=O)N(C[C@@]1(c3cc4nc(-n5cccn5)ccc4o3)NC(=O)NC1=O)C2. The molecule has 5 heterocycles. The van der Waals surface area contributed by atoms with Crippen molar-refractivity contribution >= 4 is 28.9 Å². The molecule has 0 unspecified atom stereocenters. The molecule has 12 heteroatoms. The van der Waals surface area contributed by atoms with Crippen molar-refractivity contribution in [1.82, 2.24) is 30.3 Å². The van der Waals surface area contributed by atoms with E-state index in [9.17, 15) is 18.8 Å². The number of benzene rings is 1. The van der Waals surface area contributed by atoms with Crippen LogP contribution in [0.4, 0.5) is 9.18 Å². The minimum absolute atomic E-state index is 0.0436. The van der Waals surface area contributed by atoms with Crippen molar-refractivity contribution in [1.29, 1.82) is 0 Å². The Hall–Kier alpha value is -4.74. The lowest BCUT2D eigenvalue weighted by Crippen LogP contribution is -2.52. The molecule has 2 aliphatic rings. The number of furan rings is 1. The van der Waals surface area contributed by atoms with Gasteiger partial charge in [-0.2, -0.15) is 5.10 Å². The molecule has 1 fully saturated rings. The summed E-state index contributed by atoms with van der Waals surface area (Å²) >= 11 is 0. The van der Waals surface area contributed by atoms with Crippen LogP contribution >= 0.6 is 0 Å². The van der Waals surface area contributed by atoms with Crippen molar-refractivity contribution in [2.75, 3.05) is 13.7 Å². The van der Waals surface area contributed by atoms with E-state index in [1.807, 2.05) is 0 Å². The van der Waals surface area contributed by atoms with Crippen molar-refractivity contribution in [2.45, 2.75) is 12.1 Å². The van der Waals surface area contributed by atoms with Crippen LogP contribution in [0.3, 0.4) is 0 Å². The van der Waals surface area contributed by atoms with Crippen LogP contribution < -0.4 is 15.4 Å². The van der Waals surface area contributed by atoms with E-state index < -0.39 is 29.2 Å². The number of imide groups is 1. The smallest absolute Gasteiger partial charge is 0.322 e. The number of hydrogen-bond donors (Lipinski definition) is 2. The number of pyridine rings is 1. The maximum Gasteiger partial charge on any atom is 0.322 e. The molecule has 11 nitrogen and oxygen atoms in total. The van der Waals surface area contributed by atoms with Crippen molar-refractivity contribution in [2.24, 2.45) is 0 Å². The third-order valence-corrected chi connectivity index (χ3v) is 6.16. The number of fused-ring (bicyclic) bond motifs is 2. The van der Waals surface area contributed by atoms with Gasteiger partial charge in [0.15, 0.2) is 28.5 Å². The third-order valence-electron chi connectivity index (χ3n) is 6.16. The number of methoxy groups -OCH3 is 1. The number of ether oxygens (including phenoxy) is 1. The average Bonchev–Trinajstić information content (AvgIpc) is 3.61. The van der Waals surface area contributed by atoms with E-state index >= 15 is 0 Å². The summed E-state index contributed by atoms with van der Waals surface area (Å²) in [6.45, 7) is -0.242. The zero-order valence-corrected chi connectivity index (χ0v) is 18.2. The molecule has 0 radical (unpaired) electrons. The molecule has 4 aromatic rings. The number of amides is 4. The Morgan fingerprint density at radius 3 is 2.80 bits per heavy atom. The molecule has 1 aromatic carbocycles. The molecular formula is C23H17FN6O5. The molecule has 4 amide bonds. The lowest BCUT2D eigenvalue weighted by Gasteiger charge is -2.28. The fraction of sp³-hybridized carbons (Fsp3) is 0.174. The first-order chi connectivity index (χ1) is 16.9. The van der Waals surface area contributed by atoms with Crippen LogP contribution in [0.5, 0.6) is 5.75 Å². The number of halogens is 1. The van der Waals surface area contributed by atoms with Gasteiger partial charge < -0.3 is 19.4 Å². The molecule has 176 valence electrons. The highest BCUT2D eigenvalue weighted by molar-refractivity contribution is 6.08. The molecule has 2 aliphatic heterocycles. The Labute approximate surface area is 196 Å². The van der Waals surface area contributed by atoms with Crippen molar-refractivity contribution in [3.63, 3.8) is 0 Å². The highest BCUT2D eigenvalue weighted by Gasteiger charge is 2.53. The van der Waals surface area contributed by atoms with Crippen LogP contribution in [0.25, 0.3) is 16.9 Å². The number of nitrogens with zero attached hydrogens (tertiary/aromatic N) is 4. The molecule has 0 spiro atoms. The minimum Gasteiger partial charge on any atom is -0.494 e. The largest absolute Gasteiger partial charge is 0.494 e. The van der Waals surface area contributed by atoms with E-state index in [0.29, 0.717) is 22.5 Å². The Morgan fingerprint density at radius 1 is 1.23 bits per heavy atom. The molecule has 0 saturated carbocycles. The second kappa shape index (κ2) is 7.38. The maximum absolute atomic E-state index is 14.8. The standard InChI is InChI=1S/C23H17FN6O5/c1-34-15-4-3-12-10-29(20(31)18(12)19(15)24)11-23(21(32)27-22(33)28-23)16-9-13-14(35-16)5-6-17(26-13)30-8-2-7-25-30/h2-9H,10-11H2,1H3,(H2,27,28,32,33)/t23-/m0/s1. The summed E-state index contributed by atoms with van der Waals surface area (Å²) in [6.07, 6.45) is 3.34. The van der Waals surface area contributed by atoms with Crippen molar-refractivity contribution in [3.8, 4) is 11.6 Å². The summed E-state index contributed by atoms with van der Waals surface area (Å²) in [6, 6.07) is 8.94. The minimum atomic E-state index is -1.73. The number of aromatic nitrogens is 3. The number of urea groups is 1. The van der Waals surface area contributed by atoms with Gasteiger partial charge in [-0.3, -0.25) is 14.9 Å². The average molecular weight is 476 g/mol. The van der Waals surface area contributed by atoms with Crippen LogP contribution in [0.2, 0.25) is 0 Å². The fourth-order valence-electron chi connectivity index (χ4n) is 4.48. The second-order valence-electron chi connectivity index (χ2n) is 8.20. The van der Waals surface area contributed by atoms with Gasteiger partial charge in [0.2, 0.25) is 0 Å². The van der Waals surface area contributed by atoms with Gasteiger partial charge in [-0.05, 0) is 29.8 Å².